The second-order valence-electron chi connectivity index (χ2n) is 8.10. The third-order valence-electron chi connectivity index (χ3n) is 5.66. The highest BCUT2D eigenvalue weighted by Crippen LogP contribution is 2.30. The number of benzene rings is 1. The lowest BCUT2D eigenvalue weighted by Crippen LogP contribution is -2.53. The average molecular weight is 344 g/mol. The van der Waals surface area contributed by atoms with Crippen molar-refractivity contribution in [3.63, 3.8) is 0 Å². The maximum absolute atomic E-state index is 12.9. The SMILES string of the molecule is CC(C)[C@H](N)C(=O)N(C[C@@H]1CCCCN1Cc1ccccc1)C1CC1. The van der Waals surface area contributed by atoms with Crippen LogP contribution in [0, 0.1) is 5.92 Å². The minimum absolute atomic E-state index is 0.155. The molecule has 2 fully saturated rings. The van der Waals surface area contributed by atoms with Crippen LogP contribution in [0.1, 0.15) is 51.5 Å². The maximum Gasteiger partial charge on any atom is 0.240 e. The van der Waals surface area contributed by atoms with E-state index < -0.39 is 0 Å². The van der Waals surface area contributed by atoms with Crippen LogP contribution in [0.3, 0.4) is 0 Å². The first-order valence-corrected chi connectivity index (χ1v) is 9.90. The van der Waals surface area contributed by atoms with Crippen LogP contribution in [-0.4, -0.2) is 46.9 Å². The Morgan fingerprint density at radius 1 is 1.20 bits per heavy atom. The number of carbonyl (C=O) groups excluding carboxylic acids is 1. The van der Waals surface area contributed by atoms with E-state index in [9.17, 15) is 4.79 Å². The molecule has 25 heavy (non-hydrogen) atoms. The number of likely N-dealkylation sites (tertiary alicyclic amines) is 1. The molecule has 2 N–H and O–H groups in total. The number of nitrogens with two attached hydrogens (primary N) is 1. The molecule has 4 heteroatoms. The van der Waals surface area contributed by atoms with Gasteiger partial charge in [0.2, 0.25) is 5.91 Å². The summed E-state index contributed by atoms with van der Waals surface area (Å²) in [7, 11) is 0. The average Bonchev–Trinajstić information content (AvgIpc) is 3.45. The van der Waals surface area contributed by atoms with Crippen molar-refractivity contribution in [2.45, 2.75) is 70.6 Å². The summed E-state index contributed by atoms with van der Waals surface area (Å²) >= 11 is 0. The Morgan fingerprint density at radius 3 is 2.56 bits per heavy atom. The Morgan fingerprint density at radius 2 is 1.92 bits per heavy atom. The van der Waals surface area contributed by atoms with Crippen molar-refractivity contribution in [3.8, 4) is 0 Å². The predicted octanol–water partition coefficient (Wildman–Crippen LogP) is 3.02. The molecule has 0 aromatic heterocycles. The van der Waals surface area contributed by atoms with Gasteiger partial charge in [-0.15, -0.1) is 0 Å². The van der Waals surface area contributed by atoms with Gasteiger partial charge in [0.05, 0.1) is 6.04 Å². The molecule has 1 heterocycles. The fourth-order valence-electron chi connectivity index (χ4n) is 3.80. The molecule has 3 rings (SSSR count). The standard InChI is InChI=1S/C21H33N3O/c1-16(2)20(22)21(25)24(18-11-12-18)15-19-10-6-7-13-23(19)14-17-8-4-3-5-9-17/h3-5,8-9,16,18-20H,6-7,10-15,22H2,1-2H3/t19-,20-/m0/s1. The Balaban J connectivity index is 1.67. The van der Waals surface area contributed by atoms with Crippen LogP contribution in [0.2, 0.25) is 0 Å². The molecule has 4 nitrogen and oxygen atoms in total. The quantitative estimate of drug-likeness (QED) is 0.828. The zero-order chi connectivity index (χ0) is 17.8. The fraction of sp³-hybridized carbons (Fsp3) is 0.667. The third kappa shape index (κ3) is 4.83. The minimum atomic E-state index is -0.369. The van der Waals surface area contributed by atoms with Gasteiger partial charge in [0, 0.05) is 25.2 Å². The highest BCUT2D eigenvalue weighted by atomic mass is 16.2. The van der Waals surface area contributed by atoms with Gasteiger partial charge in [-0.2, -0.15) is 0 Å². The summed E-state index contributed by atoms with van der Waals surface area (Å²) in [5.74, 6) is 0.350. The van der Waals surface area contributed by atoms with Gasteiger partial charge in [-0.05, 0) is 43.7 Å². The van der Waals surface area contributed by atoms with Gasteiger partial charge in [0.15, 0.2) is 0 Å². The highest BCUT2D eigenvalue weighted by molar-refractivity contribution is 5.82. The van der Waals surface area contributed by atoms with E-state index in [1.54, 1.807) is 0 Å². The Kier molecular flexibility index (Phi) is 6.13. The van der Waals surface area contributed by atoms with E-state index in [0.717, 1.165) is 32.5 Å². The number of piperidine rings is 1. The van der Waals surface area contributed by atoms with Gasteiger partial charge in [0.1, 0.15) is 0 Å². The number of carbonyl (C=O) groups is 1. The van der Waals surface area contributed by atoms with Crippen molar-refractivity contribution < 1.29 is 4.79 Å². The molecule has 1 aliphatic carbocycles. The number of rotatable bonds is 7. The summed E-state index contributed by atoms with van der Waals surface area (Å²) in [4.78, 5) is 17.6. The molecule has 2 atom stereocenters. The summed E-state index contributed by atoms with van der Waals surface area (Å²) < 4.78 is 0. The van der Waals surface area contributed by atoms with Crippen molar-refractivity contribution in [1.82, 2.24) is 9.80 Å². The molecular formula is C21H33N3O. The highest BCUT2D eigenvalue weighted by Gasteiger charge is 2.38. The van der Waals surface area contributed by atoms with Crippen molar-refractivity contribution in [1.29, 1.82) is 0 Å². The topological polar surface area (TPSA) is 49.6 Å². The lowest BCUT2D eigenvalue weighted by molar-refractivity contribution is -0.135. The van der Waals surface area contributed by atoms with Crippen LogP contribution in [0.25, 0.3) is 0 Å². The normalized spacial score (nSPS) is 22.8. The Bertz CT molecular complexity index is 556. The summed E-state index contributed by atoms with van der Waals surface area (Å²) in [6, 6.07) is 11.2. The maximum atomic E-state index is 12.9. The molecule has 2 aliphatic rings. The van der Waals surface area contributed by atoms with Crippen molar-refractivity contribution in [2.24, 2.45) is 11.7 Å². The van der Waals surface area contributed by atoms with Crippen molar-refractivity contribution >= 4 is 5.91 Å². The first-order valence-electron chi connectivity index (χ1n) is 9.90. The van der Waals surface area contributed by atoms with E-state index in [1.165, 1.54) is 24.8 Å². The molecule has 0 unspecified atom stereocenters. The first kappa shape index (κ1) is 18.4. The van der Waals surface area contributed by atoms with Gasteiger partial charge in [-0.3, -0.25) is 9.69 Å². The van der Waals surface area contributed by atoms with Gasteiger partial charge >= 0.3 is 0 Å². The van der Waals surface area contributed by atoms with E-state index >= 15 is 0 Å². The monoisotopic (exact) mass is 343 g/mol. The minimum Gasteiger partial charge on any atom is -0.337 e. The van der Waals surface area contributed by atoms with Gasteiger partial charge in [-0.25, -0.2) is 0 Å². The van der Waals surface area contributed by atoms with E-state index in [0.29, 0.717) is 12.1 Å². The molecule has 138 valence electrons. The van der Waals surface area contributed by atoms with Crippen LogP contribution in [0.5, 0.6) is 0 Å². The molecule has 1 amide bonds. The zero-order valence-corrected chi connectivity index (χ0v) is 15.7. The summed E-state index contributed by atoms with van der Waals surface area (Å²) in [5.41, 5.74) is 7.54. The van der Waals surface area contributed by atoms with Gasteiger partial charge in [0.25, 0.3) is 0 Å². The van der Waals surface area contributed by atoms with Gasteiger partial charge < -0.3 is 10.6 Å². The molecule has 1 aromatic carbocycles. The molecular weight excluding hydrogens is 310 g/mol. The van der Waals surface area contributed by atoms with Crippen molar-refractivity contribution in [3.05, 3.63) is 35.9 Å². The molecule has 1 aliphatic heterocycles. The van der Waals surface area contributed by atoms with Crippen LogP contribution < -0.4 is 5.73 Å². The van der Waals surface area contributed by atoms with E-state index in [1.807, 2.05) is 13.8 Å². The lowest BCUT2D eigenvalue weighted by Gasteiger charge is -2.39. The number of hydrogen-bond donors (Lipinski definition) is 1. The third-order valence-corrected chi connectivity index (χ3v) is 5.66. The zero-order valence-electron chi connectivity index (χ0n) is 15.7. The van der Waals surface area contributed by atoms with Gasteiger partial charge in [-0.1, -0.05) is 50.6 Å². The number of nitrogens with zero attached hydrogens (tertiary/aromatic N) is 2. The van der Waals surface area contributed by atoms with E-state index in [2.05, 4.69) is 40.1 Å². The van der Waals surface area contributed by atoms with Crippen LogP contribution >= 0.6 is 0 Å². The second kappa shape index (κ2) is 8.33. The molecule has 0 radical (unpaired) electrons. The van der Waals surface area contributed by atoms with Crippen LogP contribution in [-0.2, 0) is 11.3 Å². The Hall–Kier alpha value is -1.39. The number of hydrogen-bond acceptors (Lipinski definition) is 3. The molecule has 0 bridgehead atoms. The summed E-state index contributed by atoms with van der Waals surface area (Å²) in [6.07, 6.45) is 5.98. The molecule has 0 spiro atoms. The molecule has 1 saturated carbocycles. The van der Waals surface area contributed by atoms with Crippen molar-refractivity contribution in [2.75, 3.05) is 13.1 Å². The summed E-state index contributed by atoms with van der Waals surface area (Å²) in [5, 5.41) is 0. The van der Waals surface area contributed by atoms with Crippen LogP contribution in [0.15, 0.2) is 30.3 Å². The molecule has 1 saturated heterocycles. The fourth-order valence-corrected chi connectivity index (χ4v) is 3.80. The Labute approximate surface area is 152 Å². The largest absolute Gasteiger partial charge is 0.337 e. The predicted molar refractivity (Wildman–Crippen MR) is 102 cm³/mol. The smallest absolute Gasteiger partial charge is 0.240 e. The second-order valence-corrected chi connectivity index (χ2v) is 8.10. The van der Waals surface area contributed by atoms with E-state index in [4.69, 9.17) is 5.73 Å². The molecule has 1 aromatic rings. The summed E-state index contributed by atoms with van der Waals surface area (Å²) in [6.45, 7) is 7.03. The first-order chi connectivity index (χ1) is 12.1. The lowest BCUT2D eigenvalue weighted by atomic mass is 9.99. The number of amides is 1. The van der Waals surface area contributed by atoms with Crippen LogP contribution in [0.4, 0.5) is 0 Å². The van der Waals surface area contributed by atoms with E-state index in [-0.39, 0.29) is 17.9 Å².